The van der Waals surface area contributed by atoms with E-state index in [2.05, 4.69) is 24.4 Å². The van der Waals surface area contributed by atoms with Crippen molar-refractivity contribution in [2.75, 3.05) is 14.2 Å². The van der Waals surface area contributed by atoms with Gasteiger partial charge >= 0.3 is 0 Å². The monoisotopic (exact) mass is 245 g/mol. The molecule has 1 unspecified atom stereocenters. The molecule has 0 bridgehead atoms. The fraction of sp³-hybridized carbons (Fsp3) is 0.333. The third-order valence-electron chi connectivity index (χ3n) is 3.20. The van der Waals surface area contributed by atoms with Crippen LogP contribution in [0.15, 0.2) is 34.9 Å². The minimum Gasteiger partial charge on any atom is -0.496 e. The molecule has 0 spiro atoms. The molecule has 1 heterocycles. The van der Waals surface area contributed by atoms with Gasteiger partial charge in [0, 0.05) is 0 Å². The first-order valence-electron chi connectivity index (χ1n) is 6.03. The van der Waals surface area contributed by atoms with Crippen LogP contribution < -0.4 is 10.1 Å². The van der Waals surface area contributed by atoms with Crippen LogP contribution in [0.1, 0.15) is 28.5 Å². The molecule has 3 heteroatoms. The second-order valence-corrected chi connectivity index (χ2v) is 4.42. The van der Waals surface area contributed by atoms with E-state index < -0.39 is 0 Å². The quantitative estimate of drug-likeness (QED) is 0.898. The van der Waals surface area contributed by atoms with Gasteiger partial charge in [-0.05, 0) is 49.7 Å². The van der Waals surface area contributed by atoms with Gasteiger partial charge in [-0.3, -0.25) is 0 Å². The lowest BCUT2D eigenvalue weighted by Crippen LogP contribution is -2.18. The maximum atomic E-state index is 5.57. The number of benzene rings is 1. The Morgan fingerprint density at radius 3 is 2.44 bits per heavy atom. The molecule has 96 valence electrons. The molecule has 1 atom stereocenters. The highest BCUT2D eigenvalue weighted by Crippen LogP contribution is 2.28. The Balaban J connectivity index is 2.40. The number of rotatable bonds is 4. The first kappa shape index (κ1) is 12.7. The summed E-state index contributed by atoms with van der Waals surface area (Å²) in [4.78, 5) is 0. The lowest BCUT2D eigenvalue weighted by Gasteiger charge is -2.17. The molecule has 1 aromatic heterocycles. The van der Waals surface area contributed by atoms with Crippen LogP contribution in [-0.2, 0) is 0 Å². The molecule has 3 nitrogen and oxygen atoms in total. The number of ether oxygens (including phenoxy) is 1. The van der Waals surface area contributed by atoms with Gasteiger partial charge < -0.3 is 14.5 Å². The number of hydrogen-bond acceptors (Lipinski definition) is 3. The van der Waals surface area contributed by atoms with Crippen molar-refractivity contribution in [3.8, 4) is 5.75 Å². The smallest absolute Gasteiger partial charge is 0.128 e. The molecule has 0 amide bonds. The molecule has 0 radical (unpaired) electrons. The molecular weight excluding hydrogens is 226 g/mol. The third kappa shape index (κ3) is 2.27. The summed E-state index contributed by atoms with van der Waals surface area (Å²) in [6.45, 7) is 4.10. The topological polar surface area (TPSA) is 34.4 Å². The van der Waals surface area contributed by atoms with E-state index in [1.54, 1.807) is 13.4 Å². The third-order valence-corrected chi connectivity index (χ3v) is 3.20. The van der Waals surface area contributed by atoms with E-state index in [-0.39, 0.29) is 6.04 Å². The molecule has 0 aliphatic carbocycles. The highest BCUT2D eigenvalue weighted by atomic mass is 16.5. The fourth-order valence-corrected chi connectivity index (χ4v) is 2.21. The zero-order valence-electron chi connectivity index (χ0n) is 11.3. The Morgan fingerprint density at radius 1 is 1.17 bits per heavy atom. The van der Waals surface area contributed by atoms with Crippen molar-refractivity contribution < 1.29 is 9.15 Å². The number of furan rings is 1. The van der Waals surface area contributed by atoms with Crippen LogP contribution in [0.4, 0.5) is 0 Å². The van der Waals surface area contributed by atoms with Crippen LogP contribution >= 0.6 is 0 Å². The Hall–Kier alpha value is -1.74. The molecule has 0 saturated carbocycles. The standard InChI is InChI=1S/C15H19NO2/c1-10-7-8-18-15(10)14(16-3)12-5-6-13(17-4)11(2)9-12/h5-9,14,16H,1-4H3. The van der Waals surface area contributed by atoms with Crippen LogP contribution in [0, 0.1) is 13.8 Å². The predicted molar refractivity (Wildman–Crippen MR) is 72.1 cm³/mol. The van der Waals surface area contributed by atoms with Gasteiger partial charge in [0.05, 0.1) is 19.4 Å². The molecular formula is C15H19NO2. The average Bonchev–Trinajstić information content (AvgIpc) is 2.77. The molecule has 2 rings (SSSR count). The van der Waals surface area contributed by atoms with Crippen molar-refractivity contribution in [2.24, 2.45) is 0 Å². The minimum atomic E-state index is 0.0737. The van der Waals surface area contributed by atoms with Gasteiger partial charge in [0.2, 0.25) is 0 Å². The van der Waals surface area contributed by atoms with Gasteiger partial charge in [-0.25, -0.2) is 0 Å². The average molecular weight is 245 g/mol. The van der Waals surface area contributed by atoms with Gasteiger partial charge in [-0.2, -0.15) is 0 Å². The van der Waals surface area contributed by atoms with Crippen LogP contribution in [0.3, 0.4) is 0 Å². The lowest BCUT2D eigenvalue weighted by atomic mass is 10.00. The predicted octanol–water partition coefficient (Wildman–Crippen LogP) is 3.21. The van der Waals surface area contributed by atoms with Gasteiger partial charge in [0.25, 0.3) is 0 Å². The highest BCUT2D eigenvalue weighted by Gasteiger charge is 2.18. The maximum Gasteiger partial charge on any atom is 0.128 e. The lowest BCUT2D eigenvalue weighted by molar-refractivity contribution is 0.411. The normalized spacial score (nSPS) is 12.4. The zero-order chi connectivity index (χ0) is 13.1. The van der Waals surface area contributed by atoms with Gasteiger partial charge in [-0.1, -0.05) is 12.1 Å². The van der Waals surface area contributed by atoms with E-state index in [1.165, 1.54) is 5.56 Å². The van der Waals surface area contributed by atoms with Crippen LogP contribution in [-0.4, -0.2) is 14.2 Å². The minimum absolute atomic E-state index is 0.0737. The summed E-state index contributed by atoms with van der Waals surface area (Å²) in [6, 6.07) is 8.24. The number of methoxy groups -OCH3 is 1. The Kier molecular flexibility index (Phi) is 3.72. The Bertz CT molecular complexity index is 531. The van der Waals surface area contributed by atoms with E-state index in [0.29, 0.717) is 0 Å². The van der Waals surface area contributed by atoms with E-state index in [4.69, 9.17) is 9.15 Å². The second kappa shape index (κ2) is 5.27. The molecule has 18 heavy (non-hydrogen) atoms. The van der Waals surface area contributed by atoms with E-state index in [0.717, 1.165) is 22.6 Å². The molecule has 2 aromatic rings. The number of nitrogens with one attached hydrogen (secondary N) is 1. The SMILES string of the molecule is CNC(c1ccc(OC)c(C)c1)c1occc1C. The van der Waals surface area contributed by atoms with Crippen molar-refractivity contribution in [3.63, 3.8) is 0 Å². The number of aryl methyl sites for hydroxylation is 2. The second-order valence-electron chi connectivity index (χ2n) is 4.42. The zero-order valence-corrected chi connectivity index (χ0v) is 11.3. The summed E-state index contributed by atoms with van der Waals surface area (Å²) in [7, 11) is 3.63. The maximum absolute atomic E-state index is 5.57. The Labute approximate surface area is 108 Å². The summed E-state index contributed by atoms with van der Waals surface area (Å²) in [5.74, 6) is 1.87. The number of hydrogen-bond donors (Lipinski definition) is 1. The molecule has 0 aliphatic heterocycles. The van der Waals surface area contributed by atoms with Crippen molar-refractivity contribution >= 4 is 0 Å². The summed E-state index contributed by atoms with van der Waals surface area (Å²) in [6.07, 6.45) is 1.73. The van der Waals surface area contributed by atoms with Gasteiger partial charge in [-0.15, -0.1) is 0 Å². The molecule has 1 N–H and O–H groups in total. The fourth-order valence-electron chi connectivity index (χ4n) is 2.21. The first-order chi connectivity index (χ1) is 8.67. The largest absolute Gasteiger partial charge is 0.496 e. The van der Waals surface area contributed by atoms with Crippen molar-refractivity contribution in [1.29, 1.82) is 0 Å². The van der Waals surface area contributed by atoms with Crippen LogP contribution in [0.5, 0.6) is 5.75 Å². The highest BCUT2D eigenvalue weighted by molar-refractivity contribution is 5.40. The van der Waals surface area contributed by atoms with Crippen molar-refractivity contribution in [3.05, 3.63) is 53.0 Å². The molecule has 0 saturated heterocycles. The first-order valence-corrected chi connectivity index (χ1v) is 6.03. The summed E-state index contributed by atoms with van der Waals surface area (Å²) < 4.78 is 10.9. The van der Waals surface area contributed by atoms with Crippen molar-refractivity contribution in [1.82, 2.24) is 5.32 Å². The van der Waals surface area contributed by atoms with Crippen molar-refractivity contribution in [2.45, 2.75) is 19.9 Å². The van der Waals surface area contributed by atoms with E-state index >= 15 is 0 Å². The van der Waals surface area contributed by atoms with Gasteiger partial charge in [0.1, 0.15) is 11.5 Å². The van der Waals surface area contributed by atoms with E-state index in [9.17, 15) is 0 Å². The summed E-state index contributed by atoms with van der Waals surface area (Å²) in [5.41, 5.74) is 3.45. The van der Waals surface area contributed by atoms with Crippen LogP contribution in [0.2, 0.25) is 0 Å². The molecule has 1 aromatic carbocycles. The Morgan fingerprint density at radius 2 is 1.94 bits per heavy atom. The molecule has 0 fully saturated rings. The summed E-state index contributed by atoms with van der Waals surface area (Å²) >= 11 is 0. The van der Waals surface area contributed by atoms with E-state index in [1.807, 2.05) is 26.1 Å². The molecule has 0 aliphatic rings. The summed E-state index contributed by atoms with van der Waals surface area (Å²) in [5, 5.41) is 3.29. The van der Waals surface area contributed by atoms with Crippen LogP contribution in [0.25, 0.3) is 0 Å². The van der Waals surface area contributed by atoms with Gasteiger partial charge in [0.15, 0.2) is 0 Å².